The number of aliphatic hydroxyl groups is 1. The van der Waals surface area contributed by atoms with Gasteiger partial charge < -0.3 is 14.4 Å². The fourth-order valence-electron chi connectivity index (χ4n) is 3.28. The zero-order valence-corrected chi connectivity index (χ0v) is 18.7. The minimum Gasteiger partial charge on any atom is -0.494 e. The summed E-state index contributed by atoms with van der Waals surface area (Å²) in [5.41, 5.74) is 2.16. The summed E-state index contributed by atoms with van der Waals surface area (Å²) in [6.07, 6.45) is 0.225. The lowest BCUT2D eigenvalue weighted by Gasteiger charge is -2.11. The quantitative estimate of drug-likeness (QED) is 0.453. The Hall–Kier alpha value is -3.17. The second-order valence-corrected chi connectivity index (χ2v) is 9.02. The van der Waals surface area contributed by atoms with Crippen LogP contribution in [-0.4, -0.2) is 42.8 Å². The van der Waals surface area contributed by atoms with E-state index in [2.05, 4.69) is 4.72 Å². The Morgan fingerprint density at radius 3 is 2.47 bits per heavy atom. The molecule has 1 aromatic heterocycles. The Morgan fingerprint density at radius 2 is 1.84 bits per heavy atom. The van der Waals surface area contributed by atoms with E-state index in [0.717, 1.165) is 11.8 Å². The highest BCUT2D eigenvalue weighted by Gasteiger charge is 2.17. The van der Waals surface area contributed by atoms with E-state index in [0.29, 0.717) is 29.2 Å². The molecule has 170 valence electrons. The average Bonchev–Trinajstić information content (AvgIpc) is 3.10. The Kier molecular flexibility index (Phi) is 7.32. The van der Waals surface area contributed by atoms with Gasteiger partial charge in [-0.15, -0.1) is 0 Å². The first kappa shape index (κ1) is 23.5. The average molecular weight is 461 g/mol. The molecule has 0 unspecified atom stereocenters. The molecule has 0 bridgehead atoms. The third-order valence-corrected chi connectivity index (χ3v) is 6.21. The molecule has 0 aliphatic carbocycles. The number of ketones is 1. The van der Waals surface area contributed by atoms with E-state index < -0.39 is 28.2 Å². The lowest BCUT2D eigenvalue weighted by atomic mass is 10.1. The van der Waals surface area contributed by atoms with Crippen LogP contribution in [0.5, 0.6) is 5.75 Å². The minimum absolute atomic E-state index is 0.0814. The molecule has 2 N–H and O–H groups in total. The van der Waals surface area contributed by atoms with E-state index in [4.69, 9.17) is 9.84 Å². The topological polar surface area (TPSA) is 97.6 Å². The molecule has 32 heavy (non-hydrogen) atoms. The Labute approximate surface area is 186 Å². The van der Waals surface area contributed by atoms with Gasteiger partial charge in [-0.1, -0.05) is 6.07 Å². The number of nitrogens with zero attached hydrogens (tertiary/aromatic N) is 1. The lowest BCUT2D eigenvalue weighted by Crippen LogP contribution is -2.19. The molecule has 0 spiro atoms. The van der Waals surface area contributed by atoms with Crippen molar-refractivity contribution in [2.75, 3.05) is 23.7 Å². The molecular weight excluding hydrogens is 435 g/mol. The van der Waals surface area contributed by atoms with Crippen LogP contribution in [0.2, 0.25) is 0 Å². The number of benzene rings is 2. The Morgan fingerprint density at radius 1 is 1.12 bits per heavy atom. The molecule has 0 aliphatic heterocycles. The van der Waals surface area contributed by atoms with Gasteiger partial charge in [0.15, 0.2) is 0 Å². The van der Waals surface area contributed by atoms with Gasteiger partial charge in [-0.3, -0.25) is 9.52 Å². The third kappa shape index (κ3) is 5.54. The van der Waals surface area contributed by atoms with Crippen molar-refractivity contribution in [1.82, 2.24) is 4.57 Å². The van der Waals surface area contributed by atoms with Gasteiger partial charge in [0.05, 0.1) is 30.3 Å². The molecule has 1 heterocycles. The lowest BCUT2D eigenvalue weighted by molar-refractivity contribution is 0.103. The van der Waals surface area contributed by atoms with Crippen molar-refractivity contribution in [3.63, 3.8) is 0 Å². The normalized spacial score (nSPS) is 11.4. The van der Waals surface area contributed by atoms with Crippen LogP contribution in [0.25, 0.3) is 0 Å². The van der Waals surface area contributed by atoms with Gasteiger partial charge in [-0.05, 0) is 61.0 Å². The van der Waals surface area contributed by atoms with Crippen molar-refractivity contribution in [3.8, 4) is 5.75 Å². The maximum absolute atomic E-state index is 14.6. The second-order valence-electron chi connectivity index (χ2n) is 7.18. The highest BCUT2D eigenvalue weighted by molar-refractivity contribution is 7.92. The highest BCUT2D eigenvalue weighted by Crippen LogP contribution is 2.22. The summed E-state index contributed by atoms with van der Waals surface area (Å²) >= 11 is 0. The number of rotatable bonds is 10. The SMILES string of the molecule is CCOc1ccc(C(=O)c2ccc(Cc3ccc(NS(=O)(=O)CCO)cc3F)n2C)cc1. The molecule has 0 aliphatic rings. The van der Waals surface area contributed by atoms with E-state index in [1.807, 2.05) is 6.92 Å². The molecular formula is C23H25FN2O5S. The number of nitrogens with one attached hydrogen (secondary N) is 1. The zero-order valence-electron chi connectivity index (χ0n) is 17.8. The molecule has 0 amide bonds. The first-order valence-corrected chi connectivity index (χ1v) is 11.7. The number of carbonyl (C=O) groups is 1. The second kappa shape index (κ2) is 9.97. The van der Waals surface area contributed by atoms with E-state index in [1.54, 1.807) is 48.0 Å². The van der Waals surface area contributed by atoms with Crippen molar-refractivity contribution < 1.29 is 27.4 Å². The molecule has 9 heteroatoms. The van der Waals surface area contributed by atoms with Crippen LogP contribution in [0, 0.1) is 5.82 Å². The molecule has 0 saturated carbocycles. The molecule has 3 aromatic rings. The molecule has 2 aromatic carbocycles. The van der Waals surface area contributed by atoms with Gasteiger partial charge in [0.1, 0.15) is 11.6 Å². The summed E-state index contributed by atoms with van der Waals surface area (Å²) in [6.45, 7) is 1.90. The van der Waals surface area contributed by atoms with E-state index >= 15 is 0 Å². The predicted molar refractivity (Wildman–Crippen MR) is 120 cm³/mol. The van der Waals surface area contributed by atoms with Crippen LogP contribution in [0.3, 0.4) is 0 Å². The number of anilines is 1. The number of halogens is 1. The van der Waals surface area contributed by atoms with Crippen molar-refractivity contribution in [2.45, 2.75) is 13.3 Å². The van der Waals surface area contributed by atoms with Gasteiger partial charge in [0.25, 0.3) is 0 Å². The number of aromatic nitrogens is 1. The van der Waals surface area contributed by atoms with Crippen LogP contribution in [0.15, 0.2) is 54.6 Å². The Balaban J connectivity index is 1.76. The highest BCUT2D eigenvalue weighted by atomic mass is 32.2. The number of aliphatic hydroxyl groups excluding tert-OH is 1. The van der Waals surface area contributed by atoms with Crippen LogP contribution in [0.1, 0.15) is 34.2 Å². The summed E-state index contributed by atoms with van der Waals surface area (Å²) in [6, 6.07) is 14.4. The van der Waals surface area contributed by atoms with Crippen molar-refractivity contribution in [3.05, 3.63) is 82.9 Å². The summed E-state index contributed by atoms with van der Waals surface area (Å²) in [7, 11) is -1.99. The standard InChI is InChI=1S/C23H25FN2O5S/c1-3-31-20-9-5-16(6-10-20)23(28)22-11-8-19(26(22)2)14-17-4-7-18(15-21(17)24)25-32(29,30)13-12-27/h4-11,15,25,27H,3,12-14H2,1-2H3. The first-order valence-electron chi connectivity index (χ1n) is 10.1. The van der Waals surface area contributed by atoms with E-state index in [1.165, 1.54) is 12.1 Å². The van der Waals surface area contributed by atoms with Crippen LogP contribution in [0.4, 0.5) is 10.1 Å². The molecule has 0 atom stereocenters. The zero-order chi connectivity index (χ0) is 23.3. The van der Waals surface area contributed by atoms with Gasteiger partial charge in [0.2, 0.25) is 15.8 Å². The number of hydrogen-bond acceptors (Lipinski definition) is 5. The summed E-state index contributed by atoms with van der Waals surface area (Å²) < 4.78 is 47.4. The molecule has 7 nitrogen and oxygen atoms in total. The largest absolute Gasteiger partial charge is 0.494 e. The maximum Gasteiger partial charge on any atom is 0.234 e. The van der Waals surface area contributed by atoms with Gasteiger partial charge in [0, 0.05) is 24.7 Å². The first-order chi connectivity index (χ1) is 15.2. The monoisotopic (exact) mass is 460 g/mol. The minimum atomic E-state index is -3.73. The predicted octanol–water partition coefficient (Wildman–Crippen LogP) is 3.12. The fourth-order valence-corrected chi connectivity index (χ4v) is 4.10. The third-order valence-electron chi connectivity index (χ3n) is 4.94. The summed E-state index contributed by atoms with van der Waals surface area (Å²) in [4.78, 5) is 12.9. The van der Waals surface area contributed by atoms with Crippen LogP contribution in [-0.2, 0) is 23.5 Å². The maximum atomic E-state index is 14.6. The van der Waals surface area contributed by atoms with Gasteiger partial charge in [-0.2, -0.15) is 0 Å². The molecule has 0 fully saturated rings. The fraction of sp³-hybridized carbons (Fsp3) is 0.261. The number of hydrogen-bond donors (Lipinski definition) is 2. The molecule has 0 saturated heterocycles. The van der Waals surface area contributed by atoms with Crippen LogP contribution >= 0.6 is 0 Å². The van der Waals surface area contributed by atoms with Gasteiger partial charge in [-0.25, -0.2) is 12.8 Å². The van der Waals surface area contributed by atoms with E-state index in [9.17, 15) is 17.6 Å². The summed E-state index contributed by atoms with van der Waals surface area (Å²) in [5.74, 6) is -0.509. The molecule has 3 rings (SSSR count). The number of carbonyl (C=O) groups excluding carboxylic acids is 1. The smallest absolute Gasteiger partial charge is 0.234 e. The number of sulfonamides is 1. The number of ether oxygens (including phenoxy) is 1. The van der Waals surface area contributed by atoms with Crippen molar-refractivity contribution in [2.24, 2.45) is 7.05 Å². The van der Waals surface area contributed by atoms with E-state index in [-0.39, 0.29) is 17.9 Å². The summed E-state index contributed by atoms with van der Waals surface area (Å²) in [5, 5.41) is 8.79. The van der Waals surface area contributed by atoms with Crippen molar-refractivity contribution >= 4 is 21.5 Å². The Bertz CT molecular complexity index is 1200. The van der Waals surface area contributed by atoms with Gasteiger partial charge >= 0.3 is 0 Å². The van der Waals surface area contributed by atoms with Crippen LogP contribution < -0.4 is 9.46 Å². The molecule has 0 radical (unpaired) electrons. The van der Waals surface area contributed by atoms with Crippen molar-refractivity contribution in [1.29, 1.82) is 0 Å².